The third-order valence-electron chi connectivity index (χ3n) is 2.77. The molecule has 0 bridgehead atoms. The van der Waals surface area contributed by atoms with Crippen LogP contribution in [0.15, 0.2) is 28.7 Å². The molecule has 0 radical (unpaired) electrons. The van der Waals surface area contributed by atoms with Crippen molar-refractivity contribution in [2.75, 3.05) is 0 Å². The number of nitrogens with zero attached hydrogens (tertiary/aromatic N) is 2. The minimum atomic E-state index is -0.853. The minimum Gasteiger partial charge on any atom is -0.481 e. The Morgan fingerprint density at radius 2 is 2.22 bits per heavy atom. The quantitative estimate of drug-likeness (QED) is 0.948. The highest BCUT2D eigenvalue weighted by Gasteiger charge is 2.17. The van der Waals surface area contributed by atoms with Gasteiger partial charge in [0.05, 0.1) is 17.8 Å². The molecule has 0 unspecified atom stereocenters. The van der Waals surface area contributed by atoms with Crippen molar-refractivity contribution in [3.63, 3.8) is 0 Å². The van der Waals surface area contributed by atoms with Gasteiger partial charge < -0.3 is 5.11 Å². The first-order valence-electron chi connectivity index (χ1n) is 5.49. The largest absolute Gasteiger partial charge is 0.481 e. The van der Waals surface area contributed by atoms with Gasteiger partial charge in [-0.15, -0.1) is 0 Å². The molecule has 18 heavy (non-hydrogen) atoms. The Labute approximate surface area is 113 Å². The Hall–Kier alpha value is -1.62. The molecule has 94 valence electrons. The molecule has 0 saturated heterocycles. The predicted molar refractivity (Wildman–Crippen MR) is 72.4 cm³/mol. The summed E-state index contributed by atoms with van der Waals surface area (Å²) in [4.78, 5) is 10.9. The van der Waals surface area contributed by atoms with E-state index in [-0.39, 0.29) is 6.42 Å². The van der Waals surface area contributed by atoms with Gasteiger partial charge in [0.25, 0.3) is 0 Å². The molecule has 2 rings (SSSR count). The van der Waals surface area contributed by atoms with E-state index < -0.39 is 5.97 Å². The molecular weight excluding hydrogens is 296 g/mol. The molecule has 0 amide bonds. The molecule has 1 heterocycles. The van der Waals surface area contributed by atoms with E-state index in [0.29, 0.717) is 0 Å². The molecule has 0 atom stereocenters. The van der Waals surface area contributed by atoms with E-state index in [4.69, 9.17) is 5.11 Å². The van der Waals surface area contributed by atoms with Crippen LogP contribution in [-0.2, 0) is 18.3 Å². The first kappa shape index (κ1) is 12.8. The maximum Gasteiger partial charge on any atom is 0.309 e. The second-order valence-corrected chi connectivity index (χ2v) is 5.03. The van der Waals surface area contributed by atoms with Gasteiger partial charge in [-0.3, -0.25) is 9.48 Å². The zero-order valence-corrected chi connectivity index (χ0v) is 11.7. The fourth-order valence-electron chi connectivity index (χ4n) is 2.07. The fourth-order valence-corrected chi connectivity index (χ4v) is 2.47. The number of aliphatic carboxylic acids is 1. The maximum absolute atomic E-state index is 10.9. The van der Waals surface area contributed by atoms with Crippen LogP contribution < -0.4 is 0 Å². The van der Waals surface area contributed by atoms with Crippen molar-refractivity contribution in [1.29, 1.82) is 0 Å². The molecule has 1 aromatic heterocycles. The molecule has 0 saturated carbocycles. The molecule has 4 nitrogen and oxygen atoms in total. The zero-order valence-electron chi connectivity index (χ0n) is 10.1. The molecule has 1 N–H and O–H groups in total. The third kappa shape index (κ3) is 2.46. The smallest absolute Gasteiger partial charge is 0.309 e. The van der Waals surface area contributed by atoms with Gasteiger partial charge in [0.2, 0.25) is 0 Å². The van der Waals surface area contributed by atoms with Crippen LogP contribution in [0.3, 0.4) is 0 Å². The van der Waals surface area contributed by atoms with Gasteiger partial charge in [0, 0.05) is 17.1 Å². The van der Waals surface area contributed by atoms with E-state index in [0.717, 1.165) is 27.0 Å². The highest BCUT2D eigenvalue weighted by Crippen LogP contribution is 2.29. The van der Waals surface area contributed by atoms with Crippen LogP contribution in [0.25, 0.3) is 11.1 Å². The Kier molecular flexibility index (Phi) is 3.52. The van der Waals surface area contributed by atoms with E-state index in [2.05, 4.69) is 21.0 Å². The summed E-state index contributed by atoms with van der Waals surface area (Å²) in [5.41, 5.74) is 3.44. The fraction of sp³-hybridized carbons (Fsp3) is 0.231. The van der Waals surface area contributed by atoms with Gasteiger partial charge in [0.15, 0.2) is 0 Å². The maximum atomic E-state index is 10.9. The minimum absolute atomic E-state index is 0.0286. The molecule has 1 aromatic carbocycles. The number of carboxylic acid groups (broad SMARTS) is 1. The first-order valence-corrected chi connectivity index (χ1v) is 6.28. The lowest BCUT2D eigenvalue weighted by Gasteiger charge is -2.05. The summed E-state index contributed by atoms with van der Waals surface area (Å²) in [6.45, 7) is 1.89. The standard InChI is InChI=1S/C13H13BrN2O2/c1-8-13(9-4-3-5-10(14)6-9)11(7-12(17)18)16(2)15-8/h3-6H,7H2,1-2H3,(H,17,18). The Bertz CT molecular complexity index is 605. The molecular formula is C13H13BrN2O2. The molecule has 0 aliphatic heterocycles. The SMILES string of the molecule is Cc1nn(C)c(CC(=O)O)c1-c1cccc(Br)c1. The van der Waals surface area contributed by atoms with Gasteiger partial charge in [-0.1, -0.05) is 28.1 Å². The Morgan fingerprint density at radius 1 is 1.50 bits per heavy atom. The summed E-state index contributed by atoms with van der Waals surface area (Å²) in [5.74, 6) is -0.853. The summed E-state index contributed by atoms with van der Waals surface area (Å²) in [6, 6.07) is 7.79. The Morgan fingerprint density at radius 3 is 2.83 bits per heavy atom. The number of aromatic nitrogens is 2. The van der Waals surface area contributed by atoms with Crippen molar-refractivity contribution in [3.8, 4) is 11.1 Å². The summed E-state index contributed by atoms with van der Waals surface area (Å²) in [6.07, 6.45) is -0.0286. The van der Waals surface area contributed by atoms with Gasteiger partial charge in [0.1, 0.15) is 0 Å². The Balaban J connectivity index is 2.59. The highest BCUT2D eigenvalue weighted by molar-refractivity contribution is 9.10. The lowest BCUT2D eigenvalue weighted by Crippen LogP contribution is -2.07. The van der Waals surface area contributed by atoms with E-state index >= 15 is 0 Å². The summed E-state index contributed by atoms with van der Waals surface area (Å²) in [5, 5.41) is 13.3. The second kappa shape index (κ2) is 4.94. The van der Waals surface area contributed by atoms with Crippen LogP contribution in [0.2, 0.25) is 0 Å². The highest BCUT2D eigenvalue weighted by atomic mass is 79.9. The van der Waals surface area contributed by atoms with Crippen LogP contribution in [0.1, 0.15) is 11.4 Å². The van der Waals surface area contributed by atoms with E-state index in [1.54, 1.807) is 11.7 Å². The van der Waals surface area contributed by atoms with E-state index in [1.807, 2.05) is 31.2 Å². The monoisotopic (exact) mass is 308 g/mol. The normalized spacial score (nSPS) is 10.6. The lowest BCUT2D eigenvalue weighted by atomic mass is 10.0. The molecule has 2 aromatic rings. The van der Waals surface area contributed by atoms with Crippen molar-refractivity contribution in [3.05, 3.63) is 40.1 Å². The average Bonchev–Trinajstić information content (AvgIpc) is 2.53. The number of benzene rings is 1. The third-order valence-corrected chi connectivity index (χ3v) is 3.27. The molecule has 0 aliphatic carbocycles. The summed E-state index contributed by atoms with van der Waals surface area (Å²) in [7, 11) is 1.77. The molecule has 0 aliphatic rings. The number of rotatable bonds is 3. The average molecular weight is 309 g/mol. The lowest BCUT2D eigenvalue weighted by molar-refractivity contribution is -0.136. The van der Waals surface area contributed by atoms with Gasteiger partial charge in [-0.25, -0.2) is 0 Å². The predicted octanol–water partition coefficient (Wildman–Crippen LogP) is 2.79. The second-order valence-electron chi connectivity index (χ2n) is 4.11. The number of halogens is 1. The summed E-state index contributed by atoms with van der Waals surface area (Å²) < 4.78 is 2.60. The number of carboxylic acids is 1. The molecule has 0 fully saturated rings. The topological polar surface area (TPSA) is 55.1 Å². The van der Waals surface area contributed by atoms with Crippen molar-refractivity contribution >= 4 is 21.9 Å². The summed E-state index contributed by atoms with van der Waals surface area (Å²) >= 11 is 3.42. The van der Waals surface area contributed by atoms with Gasteiger partial charge in [-0.2, -0.15) is 5.10 Å². The van der Waals surface area contributed by atoms with Crippen LogP contribution in [-0.4, -0.2) is 20.9 Å². The van der Waals surface area contributed by atoms with E-state index in [1.165, 1.54) is 0 Å². The number of hydrogen-bond acceptors (Lipinski definition) is 2. The zero-order chi connectivity index (χ0) is 13.3. The molecule has 0 spiro atoms. The number of aryl methyl sites for hydroxylation is 2. The van der Waals surface area contributed by atoms with Crippen LogP contribution >= 0.6 is 15.9 Å². The van der Waals surface area contributed by atoms with Gasteiger partial charge >= 0.3 is 5.97 Å². The van der Waals surface area contributed by atoms with Crippen LogP contribution in [0.4, 0.5) is 0 Å². The van der Waals surface area contributed by atoms with E-state index in [9.17, 15) is 4.79 Å². The van der Waals surface area contributed by atoms with Crippen LogP contribution in [0, 0.1) is 6.92 Å². The van der Waals surface area contributed by atoms with Gasteiger partial charge in [-0.05, 0) is 24.6 Å². The van der Waals surface area contributed by atoms with Crippen molar-refractivity contribution in [2.45, 2.75) is 13.3 Å². The first-order chi connectivity index (χ1) is 8.49. The van der Waals surface area contributed by atoms with Crippen molar-refractivity contribution in [1.82, 2.24) is 9.78 Å². The number of hydrogen-bond donors (Lipinski definition) is 1. The van der Waals surface area contributed by atoms with Crippen LogP contribution in [0.5, 0.6) is 0 Å². The molecule has 5 heteroatoms. The van der Waals surface area contributed by atoms with Crippen molar-refractivity contribution < 1.29 is 9.90 Å². The van der Waals surface area contributed by atoms with Crippen molar-refractivity contribution in [2.24, 2.45) is 7.05 Å². The number of carbonyl (C=O) groups is 1.